The molecule has 1 saturated heterocycles. The van der Waals surface area contributed by atoms with Crippen molar-refractivity contribution in [3.05, 3.63) is 35.9 Å². The van der Waals surface area contributed by atoms with Crippen LogP contribution in [0, 0.1) is 5.92 Å². The highest BCUT2D eigenvalue weighted by Crippen LogP contribution is 2.38. The number of benzene rings is 1. The predicted molar refractivity (Wildman–Crippen MR) is 80.0 cm³/mol. The van der Waals surface area contributed by atoms with Crippen LogP contribution in [0.1, 0.15) is 51.3 Å². The van der Waals surface area contributed by atoms with Gasteiger partial charge in [0.1, 0.15) is 6.17 Å². The van der Waals surface area contributed by atoms with Crippen LogP contribution in [-0.4, -0.2) is 22.9 Å². The Balaban J connectivity index is 1.85. The number of hydrogen-bond donors (Lipinski definition) is 1. The molecule has 2 aliphatic rings. The van der Waals surface area contributed by atoms with E-state index >= 15 is 0 Å². The van der Waals surface area contributed by atoms with Crippen LogP contribution in [-0.2, 0) is 4.79 Å². The summed E-state index contributed by atoms with van der Waals surface area (Å²) in [6.45, 7) is 4.17. The van der Waals surface area contributed by atoms with Gasteiger partial charge in [-0.3, -0.25) is 10.1 Å². The van der Waals surface area contributed by atoms with Crippen molar-refractivity contribution in [2.45, 2.75) is 57.8 Å². The predicted octanol–water partition coefficient (Wildman–Crippen LogP) is 3.08. The lowest BCUT2D eigenvalue weighted by atomic mass is 10.0. The maximum atomic E-state index is 12.6. The van der Waals surface area contributed by atoms with E-state index in [1.165, 1.54) is 24.8 Å². The first-order valence-electron chi connectivity index (χ1n) is 7.84. The molecule has 3 rings (SSSR count). The smallest absolute Gasteiger partial charge is 0.241 e. The molecular weight excluding hydrogens is 248 g/mol. The molecule has 1 aliphatic heterocycles. The van der Waals surface area contributed by atoms with E-state index in [-0.39, 0.29) is 18.1 Å². The van der Waals surface area contributed by atoms with Crippen molar-refractivity contribution < 1.29 is 4.79 Å². The standard InChI is InChI=1S/C17H24N2O/c1-3-15(11-13-9-10-13)19-16(18-12(2)17(19)20)14-7-5-4-6-8-14/h4-8,12-13,15-16,18H,3,9-11H2,1-2H3. The maximum Gasteiger partial charge on any atom is 0.241 e. The third-order valence-electron chi connectivity index (χ3n) is 4.59. The normalized spacial score (nSPS) is 27.9. The van der Waals surface area contributed by atoms with Crippen LogP contribution in [0.5, 0.6) is 0 Å². The van der Waals surface area contributed by atoms with Gasteiger partial charge >= 0.3 is 0 Å². The third kappa shape index (κ3) is 2.59. The molecule has 1 aromatic rings. The quantitative estimate of drug-likeness (QED) is 0.893. The summed E-state index contributed by atoms with van der Waals surface area (Å²) in [4.78, 5) is 14.7. The molecule has 0 spiro atoms. The number of amides is 1. The molecule has 3 unspecified atom stereocenters. The molecule has 0 bridgehead atoms. The van der Waals surface area contributed by atoms with E-state index in [4.69, 9.17) is 0 Å². The number of hydrogen-bond acceptors (Lipinski definition) is 2. The van der Waals surface area contributed by atoms with Gasteiger partial charge in [0, 0.05) is 6.04 Å². The molecule has 3 heteroatoms. The Hall–Kier alpha value is -1.35. The van der Waals surface area contributed by atoms with Gasteiger partial charge in [-0.2, -0.15) is 0 Å². The number of nitrogens with zero attached hydrogens (tertiary/aromatic N) is 1. The largest absolute Gasteiger partial charge is 0.319 e. The highest BCUT2D eigenvalue weighted by atomic mass is 16.2. The van der Waals surface area contributed by atoms with Crippen LogP contribution in [0.25, 0.3) is 0 Å². The van der Waals surface area contributed by atoms with Crippen molar-refractivity contribution in [1.29, 1.82) is 0 Å². The summed E-state index contributed by atoms with van der Waals surface area (Å²) < 4.78 is 0. The van der Waals surface area contributed by atoms with Gasteiger partial charge in [0.05, 0.1) is 6.04 Å². The molecular formula is C17H24N2O. The fourth-order valence-corrected chi connectivity index (χ4v) is 3.24. The number of carbonyl (C=O) groups excluding carboxylic acids is 1. The molecule has 1 N–H and O–H groups in total. The van der Waals surface area contributed by atoms with Crippen LogP contribution < -0.4 is 5.32 Å². The third-order valence-corrected chi connectivity index (χ3v) is 4.59. The lowest BCUT2D eigenvalue weighted by molar-refractivity contribution is -0.132. The van der Waals surface area contributed by atoms with Crippen LogP contribution in [0.4, 0.5) is 0 Å². The molecule has 1 aliphatic carbocycles. The topological polar surface area (TPSA) is 32.3 Å². The molecule has 1 saturated carbocycles. The van der Waals surface area contributed by atoms with Crippen LogP contribution in [0.2, 0.25) is 0 Å². The van der Waals surface area contributed by atoms with Gasteiger partial charge in [0.2, 0.25) is 5.91 Å². The van der Waals surface area contributed by atoms with E-state index in [1.807, 2.05) is 25.1 Å². The molecule has 0 radical (unpaired) electrons. The van der Waals surface area contributed by atoms with Gasteiger partial charge in [0.25, 0.3) is 0 Å². The Morgan fingerprint density at radius 3 is 2.60 bits per heavy atom. The Bertz CT molecular complexity index is 469. The van der Waals surface area contributed by atoms with Gasteiger partial charge in [-0.05, 0) is 31.2 Å². The number of nitrogens with one attached hydrogen (secondary N) is 1. The second-order valence-electron chi connectivity index (χ2n) is 6.19. The molecule has 2 fully saturated rings. The zero-order chi connectivity index (χ0) is 14.1. The van der Waals surface area contributed by atoms with E-state index in [0.29, 0.717) is 6.04 Å². The minimum absolute atomic E-state index is 0.0439. The Labute approximate surface area is 121 Å². The molecule has 0 aromatic heterocycles. The van der Waals surface area contributed by atoms with Crippen LogP contribution in [0.15, 0.2) is 30.3 Å². The molecule has 20 heavy (non-hydrogen) atoms. The Morgan fingerprint density at radius 2 is 2.00 bits per heavy atom. The Kier molecular flexibility index (Phi) is 3.79. The second kappa shape index (κ2) is 5.57. The van der Waals surface area contributed by atoms with Gasteiger partial charge < -0.3 is 4.90 Å². The first-order valence-corrected chi connectivity index (χ1v) is 7.84. The fraction of sp³-hybridized carbons (Fsp3) is 0.588. The minimum atomic E-state index is -0.0755. The Morgan fingerprint density at radius 1 is 1.30 bits per heavy atom. The molecule has 108 valence electrons. The van der Waals surface area contributed by atoms with Crippen molar-refractivity contribution >= 4 is 5.91 Å². The van der Waals surface area contributed by atoms with Crippen molar-refractivity contribution in [1.82, 2.24) is 10.2 Å². The van der Waals surface area contributed by atoms with Gasteiger partial charge in [-0.1, -0.05) is 50.1 Å². The highest BCUT2D eigenvalue weighted by molar-refractivity contribution is 5.84. The van der Waals surface area contributed by atoms with E-state index in [0.717, 1.165) is 12.3 Å². The summed E-state index contributed by atoms with van der Waals surface area (Å²) in [5, 5.41) is 3.45. The first-order chi connectivity index (χ1) is 9.70. The molecule has 3 nitrogen and oxygen atoms in total. The lowest BCUT2D eigenvalue weighted by Gasteiger charge is -2.32. The summed E-state index contributed by atoms with van der Waals surface area (Å²) in [5.41, 5.74) is 1.19. The molecule has 1 amide bonds. The summed E-state index contributed by atoms with van der Waals surface area (Å²) in [7, 11) is 0. The fourth-order valence-electron chi connectivity index (χ4n) is 3.24. The van der Waals surface area contributed by atoms with Crippen LogP contribution >= 0.6 is 0 Å². The molecule has 1 aromatic carbocycles. The summed E-state index contributed by atoms with van der Waals surface area (Å²) in [6, 6.07) is 10.6. The van der Waals surface area contributed by atoms with Crippen LogP contribution in [0.3, 0.4) is 0 Å². The van der Waals surface area contributed by atoms with E-state index in [1.54, 1.807) is 0 Å². The van der Waals surface area contributed by atoms with E-state index in [9.17, 15) is 4.79 Å². The summed E-state index contributed by atoms with van der Waals surface area (Å²) in [6.07, 6.45) is 4.94. The SMILES string of the molecule is CCC(CC1CC1)N1C(=O)C(C)NC1c1ccccc1. The second-order valence-corrected chi connectivity index (χ2v) is 6.19. The lowest BCUT2D eigenvalue weighted by Crippen LogP contribution is -2.40. The zero-order valence-electron chi connectivity index (χ0n) is 12.4. The monoisotopic (exact) mass is 272 g/mol. The van der Waals surface area contributed by atoms with E-state index < -0.39 is 0 Å². The van der Waals surface area contributed by atoms with Gasteiger partial charge in [0.15, 0.2) is 0 Å². The average molecular weight is 272 g/mol. The van der Waals surface area contributed by atoms with Crippen molar-refractivity contribution in [2.24, 2.45) is 5.92 Å². The van der Waals surface area contributed by atoms with Gasteiger partial charge in [-0.15, -0.1) is 0 Å². The average Bonchev–Trinajstić information content (AvgIpc) is 3.25. The van der Waals surface area contributed by atoms with Crippen molar-refractivity contribution in [2.75, 3.05) is 0 Å². The molecule has 1 heterocycles. The maximum absolute atomic E-state index is 12.6. The first kappa shape index (κ1) is 13.6. The summed E-state index contributed by atoms with van der Waals surface area (Å²) >= 11 is 0. The summed E-state index contributed by atoms with van der Waals surface area (Å²) in [5.74, 6) is 1.10. The van der Waals surface area contributed by atoms with E-state index in [2.05, 4.69) is 29.3 Å². The van der Waals surface area contributed by atoms with Crippen molar-refractivity contribution in [3.63, 3.8) is 0 Å². The zero-order valence-corrected chi connectivity index (χ0v) is 12.4. The van der Waals surface area contributed by atoms with Gasteiger partial charge in [-0.25, -0.2) is 0 Å². The van der Waals surface area contributed by atoms with Crippen molar-refractivity contribution in [3.8, 4) is 0 Å². The minimum Gasteiger partial charge on any atom is -0.319 e. The number of carbonyl (C=O) groups is 1. The highest BCUT2D eigenvalue weighted by Gasteiger charge is 2.41. The molecule has 3 atom stereocenters. The number of rotatable bonds is 5.